The van der Waals surface area contributed by atoms with E-state index in [1.807, 2.05) is 0 Å². The lowest BCUT2D eigenvalue weighted by molar-refractivity contribution is 1.67. The number of hydrogen-bond donors (Lipinski definition) is 0. The molecule has 15 rings (SSSR count). The Morgan fingerprint density at radius 2 is 0.515 bits per heavy atom. The molecular formula is C66H38. The van der Waals surface area contributed by atoms with Crippen molar-refractivity contribution in [3.8, 4) is 44.5 Å². The minimum atomic E-state index is 1.24. The second-order valence-electron chi connectivity index (χ2n) is 18.1. The van der Waals surface area contributed by atoms with Gasteiger partial charge in [-0.3, -0.25) is 0 Å². The van der Waals surface area contributed by atoms with Crippen LogP contribution in [0, 0.1) is 0 Å². The van der Waals surface area contributed by atoms with Gasteiger partial charge in [0, 0.05) is 0 Å². The Morgan fingerprint density at radius 1 is 0.167 bits per heavy atom. The molecule has 0 fully saturated rings. The van der Waals surface area contributed by atoms with E-state index in [0.717, 1.165) is 0 Å². The highest BCUT2D eigenvalue weighted by Crippen LogP contribution is 2.55. The molecule has 0 saturated carbocycles. The van der Waals surface area contributed by atoms with Gasteiger partial charge in [-0.1, -0.05) is 218 Å². The van der Waals surface area contributed by atoms with Gasteiger partial charge in [0.2, 0.25) is 0 Å². The van der Waals surface area contributed by atoms with E-state index in [0.29, 0.717) is 0 Å². The van der Waals surface area contributed by atoms with Crippen molar-refractivity contribution < 1.29 is 0 Å². The van der Waals surface area contributed by atoms with Crippen LogP contribution in [0.5, 0.6) is 0 Å². The Morgan fingerprint density at radius 3 is 1.03 bits per heavy atom. The lowest BCUT2D eigenvalue weighted by Crippen LogP contribution is -1.89. The van der Waals surface area contributed by atoms with Crippen molar-refractivity contribution in [1.29, 1.82) is 0 Å². The molecule has 0 aliphatic carbocycles. The topological polar surface area (TPSA) is 0 Å². The van der Waals surface area contributed by atoms with E-state index >= 15 is 0 Å². The Labute approximate surface area is 380 Å². The zero-order valence-corrected chi connectivity index (χ0v) is 35.9. The summed E-state index contributed by atoms with van der Waals surface area (Å²) in [6, 6.07) is 86.5. The van der Waals surface area contributed by atoms with Crippen molar-refractivity contribution in [2.45, 2.75) is 0 Å². The fraction of sp³-hybridized carbons (Fsp3) is 0. The van der Waals surface area contributed by atoms with Crippen LogP contribution in [0.4, 0.5) is 0 Å². The Hall–Kier alpha value is -8.58. The summed E-state index contributed by atoms with van der Waals surface area (Å²) in [5.74, 6) is 0. The molecule has 15 aromatic rings. The highest BCUT2D eigenvalue weighted by atomic mass is 14.3. The van der Waals surface area contributed by atoms with Crippen molar-refractivity contribution in [3.63, 3.8) is 0 Å². The SMILES string of the molecule is c1ccc(-c2c3ccccc3c(-c3ccccc3)c3c4cc5c(cc6c7c(-c8cccc9ccccc89)ccc(-c8cccc9ccccc89)c7c7cccc5c76)c5cccc(c23)c54)cc1. The molecule has 0 bridgehead atoms. The summed E-state index contributed by atoms with van der Waals surface area (Å²) in [5, 5.41) is 26.0. The molecule has 15 aromatic carbocycles. The summed E-state index contributed by atoms with van der Waals surface area (Å²) in [4.78, 5) is 0. The first-order valence-electron chi connectivity index (χ1n) is 23.1. The summed E-state index contributed by atoms with van der Waals surface area (Å²) in [6.07, 6.45) is 0. The fourth-order valence-electron chi connectivity index (χ4n) is 12.3. The van der Waals surface area contributed by atoms with Crippen molar-refractivity contribution in [2.75, 3.05) is 0 Å². The maximum atomic E-state index is 2.56. The number of benzene rings is 13. The molecule has 66 heavy (non-hydrogen) atoms. The predicted octanol–water partition coefficient (Wildman–Crippen LogP) is 18.8. The van der Waals surface area contributed by atoms with Gasteiger partial charge >= 0.3 is 0 Å². The first kappa shape index (κ1) is 35.8. The standard InChI is InChI=1S/C66H38/c1-3-19-41(20-4-1)59-47-27-11-12-28-48(47)60(42-21-5-2-6-22-42)66-58-38-56-49-31-15-33-53-61(49)57(37-55(56)50-32-16-34-54(62(50)58)65(59)66)64-52(46-30-14-24-40-18-8-10-26-44(40)46)36-35-51(63(53)64)45-29-13-23-39-17-7-9-25-43(39)45/h1-38H. The lowest BCUT2D eigenvalue weighted by Gasteiger charge is -2.16. The number of hydrogen-bond acceptors (Lipinski definition) is 0. The number of fused-ring (bicyclic) bond motifs is 12. The van der Waals surface area contributed by atoms with Crippen LogP contribution in [-0.4, -0.2) is 0 Å². The summed E-state index contributed by atoms with van der Waals surface area (Å²) in [7, 11) is 0. The van der Waals surface area contributed by atoms with Gasteiger partial charge in [-0.05, 0) is 164 Å². The molecule has 0 nitrogen and oxygen atoms in total. The van der Waals surface area contributed by atoms with E-state index < -0.39 is 0 Å². The fourth-order valence-corrected chi connectivity index (χ4v) is 12.3. The second kappa shape index (κ2) is 13.5. The van der Waals surface area contributed by atoms with Crippen molar-refractivity contribution >= 4 is 108 Å². The number of rotatable bonds is 4. The van der Waals surface area contributed by atoms with Gasteiger partial charge in [0.25, 0.3) is 0 Å². The zero-order valence-electron chi connectivity index (χ0n) is 35.9. The summed E-state index contributed by atoms with van der Waals surface area (Å²) in [6.45, 7) is 0. The summed E-state index contributed by atoms with van der Waals surface area (Å²) in [5.41, 5.74) is 10.2. The van der Waals surface area contributed by atoms with Gasteiger partial charge in [0.15, 0.2) is 0 Å². The molecule has 0 unspecified atom stereocenters. The first-order chi connectivity index (χ1) is 32.8. The molecule has 0 amide bonds. The third-order valence-electron chi connectivity index (χ3n) is 14.9. The quantitative estimate of drug-likeness (QED) is 0.155. The van der Waals surface area contributed by atoms with Crippen molar-refractivity contribution in [2.24, 2.45) is 0 Å². The van der Waals surface area contributed by atoms with Crippen LogP contribution < -0.4 is 0 Å². The Kier molecular flexibility index (Phi) is 7.31. The lowest BCUT2D eigenvalue weighted by atomic mass is 9.86. The van der Waals surface area contributed by atoms with Gasteiger partial charge in [0.1, 0.15) is 0 Å². The third-order valence-corrected chi connectivity index (χ3v) is 14.9. The molecule has 302 valence electrons. The van der Waals surface area contributed by atoms with Crippen LogP contribution in [-0.2, 0) is 0 Å². The molecule has 0 heteroatoms. The monoisotopic (exact) mass is 830 g/mol. The average Bonchev–Trinajstić information content (AvgIpc) is 3.90. The van der Waals surface area contributed by atoms with Gasteiger partial charge in [0.05, 0.1) is 0 Å². The van der Waals surface area contributed by atoms with E-state index in [1.54, 1.807) is 0 Å². The molecule has 0 spiro atoms. The molecule has 0 N–H and O–H groups in total. The first-order valence-corrected chi connectivity index (χ1v) is 23.1. The molecular weight excluding hydrogens is 793 g/mol. The maximum Gasteiger partial charge on any atom is -0.000719 e. The van der Waals surface area contributed by atoms with E-state index in [9.17, 15) is 0 Å². The maximum absolute atomic E-state index is 2.56. The van der Waals surface area contributed by atoms with Gasteiger partial charge in [-0.2, -0.15) is 0 Å². The molecule has 0 saturated heterocycles. The smallest absolute Gasteiger partial charge is 0.000719 e. The van der Waals surface area contributed by atoms with Crippen LogP contribution in [0.2, 0.25) is 0 Å². The second-order valence-corrected chi connectivity index (χ2v) is 18.1. The average molecular weight is 831 g/mol. The van der Waals surface area contributed by atoms with Crippen molar-refractivity contribution in [3.05, 3.63) is 231 Å². The zero-order chi connectivity index (χ0) is 43.0. The van der Waals surface area contributed by atoms with Crippen LogP contribution in [0.3, 0.4) is 0 Å². The Balaban J connectivity index is 1.16. The van der Waals surface area contributed by atoms with Crippen LogP contribution >= 0.6 is 0 Å². The van der Waals surface area contributed by atoms with Gasteiger partial charge < -0.3 is 0 Å². The van der Waals surface area contributed by atoms with Crippen LogP contribution in [0.25, 0.3) is 152 Å². The van der Waals surface area contributed by atoms with Crippen LogP contribution in [0.15, 0.2) is 231 Å². The molecule has 0 radical (unpaired) electrons. The molecule has 0 aliphatic heterocycles. The molecule has 0 atom stereocenters. The molecule has 0 aromatic heterocycles. The molecule has 0 heterocycles. The third kappa shape index (κ3) is 4.77. The van der Waals surface area contributed by atoms with Gasteiger partial charge in [-0.15, -0.1) is 0 Å². The highest BCUT2D eigenvalue weighted by molar-refractivity contribution is 6.46. The summed E-state index contributed by atoms with van der Waals surface area (Å²) >= 11 is 0. The van der Waals surface area contributed by atoms with E-state index in [2.05, 4.69) is 231 Å². The Bertz CT molecular complexity index is 4470. The minimum absolute atomic E-state index is 1.24. The van der Waals surface area contributed by atoms with E-state index in [1.165, 1.54) is 152 Å². The largest absolute Gasteiger partial charge is 0.0622 e. The van der Waals surface area contributed by atoms with E-state index in [4.69, 9.17) is 0 Å². The minimum Gasteiger partial charge on any atom is -0.0622 e. The van der Waals surface area contributed by atoms with E-state index in [-0.39, 0.29) is 0 Å². The highest BCUT2D eigenvalue weighted by Gasteiger charge is 2.27. The van der Waals surface area contributed by atoms with Crippen LogP contribution in [0.1, 0.15) is 0 Å². The predicted molar refractivity (Wildman–Crippen MR) is 286 cm³/mol. The normalized spacial score (nSPS) is 12.2. The summed E-state index contributed by atoms with van der Waals surface area (Å²) < 4.78 is 0. The van der Waals surface area contributed by atoms with Crippen molar-refractivity contribution in [1.82, 2.24) is 0 Å². The molecule has 0 aliphatic rings. The van der Waals surface area contributed by atoms with Gasteiger partial charge in [-0.25, -0.2) is 0 Å².